The Labute approximate surface area is 156 Å². The Hall–Kier alpha value is -0.230. The van der Waals surface area contributed by atoms with Crippen molar-refractivity contribution in [2.75, 3.05) is 80.5 Å². The lowest BCUT2D eigenvalue weighted by atomic mass is 9.82. The first kappa shape index (κ1) is 22.8. The molecule has 150 valence electrons. The maximum Gasteiger partial charge on any atom is 0.108 e. The second kappa shape index (κ2) is 11.5. The quantitative estimate of drug-likeness (QED) is 0.660. The van der Waals surface area contributed by atoms with Gasteiger partial charge in [0.2, 0.25) is 0 Å². The summed E-state index contributed by atoms with van der Waals surface area (Å²) in [6, 6.07) is 0. The average Bonchev–Trinajstić information content (AvgIpc) is 2.57. The van der Waals surface area contributed by atoms with Gasteiger partial charge in [-0.1, -0.05) is 6.92 Å². The number of alkyl halides is 1. The van der Waals surface area contributed by atoms with Gasteiger partial charge in [-0.3, -0.25) is 0 Å². The molecule has 3 fully saturated rings. The summed E-state index contributed by atoms with van der Waals surface area (Å²) in [6.07, 6.45) is 3.70. The van der Waals surface area contributed by atoms with Gasteiger partial charge in [-0.25, -0.2) is 4.39 Å². The number of hydrogen-bond acceptors (Lipinski definition) is 4. The van der Waals surface area contributed by atoms with Gasteiger partial charge in [0.15, 0.2) is 0 Å². The van der Waals surface area contributed by atoms with Crippen molar-refractivity contribution >= 4 is 0 Å². The van der Waals surface area contributed by atoms with Gasteiger partial charge in [-0.15, -0.1) is 0 Å². The van der Waals surface area contributed by atoms with Crippen LogP contribution in [-0.2, 0) is 0 Å². The summed E-state index contributed by atoms with van der Waals surface area (Å²) >= 11 is 0. The molecule has 4 nitrogen and oxygen atoms in total. The molecular weight excluding hydrogens is 315 g/mol. The van der Waals surface area contributed by atoms with Crippen molar-refractivity contribution in [3.05, 3.63) is 0 Å². The third-order valence-electron chi connectivity index (χ3n) is 5.77. The third-order valence-corrected chi connectivity index (χ3v) is 5.77. The number of halogens is 1. The van der Waals surface area contributed by atoms with Crippen LogP contribution in [0.3, 0.4) is 0 Å². The smallest absolute Gasteiger partial charge is 0.108 e. The molecule has 0 amide bonds. The Morgan fingerprint density at radius 1 is 0.640 bits per heavy atom. The van der Waals surface area contributed by atoms with Crippen molar-refractivity contribution in [3.63, 3.8) is 0 Å². The molecule has 1 aliphatic carbocycles. The highest BCUT2D eigenvalue weighted by Crippen LogP contribution is 2.33. The fourth-order valence-corrected chi connectivity index (χ4v) is 3.18. The standard InChI is InChI=1S/C8H15F.2C6H14N2/c1-7-3-5-8(2,9)6-4-7;2*1-7-3-5-8(2)6-4-7/h7H,3-6H2,1-2H3;2*3-6H2,1-2H3. The largest absolute Gasteiger partial charge is 0.304 e. The molecule has 0 spiro atoms. The summed E-state index contributed by atoms with van der Waals surface area (Å²) in [7, 11) is 8.69. The molecule has 2 heterocycles. The first-order valence-electron chi connectivity index (χ1n) is 10.1. The van der Waals surface area contributed by atoms with Gasteiger partial charge >= 0.3 is 0 Å². The van der Waals surface area contributed by atoms with E-state index in [9.17, 15) is 4.39 Å². The number of likely N-dealkylation sites (N-methyl/N-ethyl adjacent to an activating group) is 4. The van der Waals surface area contributed by atoms with Gasteiger partial charge in [0.25, 0.3) is 0 Å². The maximum atomic E-state index is 13.0. The van der Waals surface area contributed by atoms with Crippen LogP contribution < -0.4 is 0 Å². The van der Waals surface area contributed by atoms with Crippen LogP contribution in [0.2, 0.25) is 0 Å². The summed E-state index contributed by atoms with van der Waals surface area (Å²) in [4.78, 5) is 9.44. The molecule has 2 saturated heterocycles. The summed E-state index contributed by atoms with van der Waals surface area (Å²) < 4.78 is 13.0. The molecule has 0 atom stereocenters. The molecule has 5 heteroatoms. The molecule has 0 aromatic carbocycles. The molecule has 0 unspecified atom stereocenters. The Morgan fingerprint density at radius 3 is 1.08 bits per heavy atom. The van der Waals surface area contributed by atoms with Crippen molar-refractivity contribution in [2.24, 2.45) is 5.92 Å². The highest BCUT2D eigenvalue weighted by atomic mass is 19.1. The summed E-state index contributed by atoms with van der Waals surface area (Å²) in [6.45, 7) is 13.8. The fourth-order valence-electron chi connectivity index (χ4n) is 3.18. The number of nitrogens with zero attached hydrogens (tertiary/aromatic N) is 4. The van der Waals surface area contributed by atoms with Crippen molar-refractivity contribution in [1.82, 2.24) is 19.6 Å². The predicted molar refractivity (Wildman–Crippen MR) is 107 cm³/mol. The molecule has 0 radical (unpaired) electrons. The first-order valence-corrected chi connectivity index (χ1v) is 10.1. The summed E-state index contributed by atoms with van der Waals surface area (Å²) in [5.41, 5.74) is -0.841. The molecule has 0 N–H and O–H groups in total. The lowest BCUT2D eigenvalue weighted by Gasteiger charge is -2.28. The zero-order chi connectivity index (χ0) is 18.9. The highest BCUT2D eigenvalue weighted by Gasteiger charge is 2.28. The van der Waals surface area contributed by atoms with E-state index in [2.05, 4.69) is 54.7 Å². The Kier molecular flexibility index (Phi) is 10.5. The van der Waals surface area contributed by atoms with E-state index in [-0.39, 0.29) is 0 Å². The second-order valence-corrected chi connectivity index (χ2v) is 8.81. The molecule has 0 aromatic rings. The maximum absolute atomic E-state index is 13.0. The zero-order valence-electron chi connectivity index (χ0n) is 17.7. The van der Waals surface area contributed by atoms with Gasteiger partial charge in [0, 0.05) is 52.4 Å². The number of hydrogen-bond donors (Lipinski definition) is 0. The van der Waals surface area contributed by atoms with Crippen molar-refractivity contribution in [2.45, 2.75) is 45.2 Å². The monoisotopic (exact) mass is 358 g/mol. The molecule has 0 bridgehead atoms. The highest BCUT2D eigenvalue weighted by molar-refractivity contribution is 4.79. The summed E-state index contributed by atoms with van der Waals surface area (Å²) in [5, 5.41) is 0. The number of rotatable bonds is 0. The van der Waals surface area contributed by atoms with Crippen LogP contribution in [0.15, 0.2) is 0 Å². The molecular formula is C20H43FN4. The average molecular weight is 359 g/mol. The fraction of sp³-hybridized carbons (Fsp3) is 1.00. The zero-order valence-corrected chi connectivity index (χ0v) is 17.7. The van der Waals surface area contributed by atoms with E-state index in [0.717, 1.165) is 31.6 Å². The minimum absolute atomic E-state index is 0.758. The SMILES string of the molecule is CC1CCC(C)(F)CC1.CN1CCN(C)CC1.CN1CCN(C)CC1. The number of piperazine rings is 2. The predicted octanol–water partition coefficient (Wildman–Crippen LogP) is 2.65. The van der Waals surface area contributed by atoms with Crippen LogP contribution in [0.1, 0.15) is 39.5 Å². The van der Waals surface area contributed by atoms with Crippen molar-refractivity contribution in [3.8, 4) is 0 Å². The van der Waals surface area contributed by atoms with Crippen LogP contribution in [0.25, 0.3) is 0 Å². The second-order valence-electron chi connectivity index (χ2n) is 8.81. The normalized spacial score (nSPS) is 33.0. The molecule has 0 aromatic heterocycles. The van der Waals surface area contributed by atoms with Crippen LogP contribution in [0.4, 0.5) is 4.39 Å². The first-order chi connectivity index (χ1) is 11.7. The molecule has 3 rings (SSSR count). The molecule has 3 aliphatic rings. The van der Waals surface area contributed by atoms with Gasteiger partial charge in [0.1, 0.15) is 5.67 Å². The van der Waals surface area contributed by atoms with Gasteiger partial charge in [0.05, 0.1) is 0 Å². The minimum atomic E-state index is -0.841. The summed E-state index contributed by atoms with van der Waals surface area (Å²) in [5.74, 6) is 0.758. The van der Waals surface area contributed by atoms with Gasteiger partial charge in [-0.2, -0.15) is 0 Å². The molecule has 1 saturated carbocycles. The third kappa shape index (κ3) is 11.2. The minimum Gasteiger partial charge on any atom is -0.304 e. The van der Waals surface area contributed by atoms with Gasteiger partial charge < -0.3 is 19.6 Å². The van der Waals surface area contributed by atoms with E-state index in [0.29, 0.717) is 0 Å². The van der Waals surface area contributed by atoms with Crippen LogP contribution in [-0.4, -0.2) is 106 Å². The van der Waals surface area contributed by atoms with E-state index in [1.54, 1.807) is 6.92 Å². The van der Waals surface area contributed by atoms with Crippen LogP contribution in [0.5, 0.6) is 0 Å². The molecule has 25 heavy (non-hydrogen) atoms. The Morgan fingerprint density at radius 2 is 0.880 bits per heavy atom. The van der Waals surface area contributed by atoms with Gasteiger partial charge in [-0.05, 0) is 66.7 Å². The van der Waals surface area contributed by atoms with E-state index in [1.807, 2.05) is 0 Å². The molecule has 2 aliphatic heterocycles. The Bertz CT molecular complexity index is 285. The van der Waals surface area contributed by atoms with Crippen LogP contribution in [0, 0.1) is 5.92 Å². The Balaban J connectivity index is 0.000000188. The van der Waals surface area contributed by atoms with E-state index in [1.165, 1.54) is 52.4 Å². The van der Waals surface area contributed by atoms with E-state index < -0.39 is 5.67 Å². The van der Waals surface area contributed by atoms with E-state index >= 15 is 0 Å². The topological polar surface area (TPSA) is 13.0 Å². The lowest BCUT2D eigenvalue weighted by Crippen LogP contribution is -2.42. The van der Waals surface area contributed by atoms with Crippen LogP contribution >= 0.6 is 0 Å². The lowest BCUT2D eigenvalue weighted by molar-refractivity contribution is 0.108. The van der Waals surface area contributed by atoms with Crippen molar-refractivity contribution in [1.29, 1.82) is 0 Å². The van der Waals surface area contributed by atoms with Crippen molar-refractivity contribution < 1.29 is 4.39 Å². The van der Waals surface area contributed by atoms with E-state index in [4.69, 9.17) is 0 Å².